The van der Waals surface area contributed by atoms with Crippen LogP contribution in [0.25, 0.3) is 11.3 Å². The first-order valence-corrected chi connectivity index (χ1v) is 8.74. The van der Waals surface area contributed by atoms with Crippen molar-refractivity contribution in [3.05, 3.63) is 66.6 Å². The van der Waals surface area contributed by atoms with Gasteiger partial charge in [-0.15, -0.1) is 11.3 Å². The summed E-state index contributed by atoms with van der Waals surface area (Å²) >= 11 is 1.39. The van der Waals surface area contributed by atoms with Crippen molar-refractivity contribution in [2.45, 2.75) is 0 Å². The second-order valence-corrected chi connectivity index (χ2v) is 6.16. The largest absolute Gasteiger partial charge is 0.497 e. The number of carbonyl (C=O) groups excluding carboxylic acids is 1. The number of hydrogen-bond acceptors (Lipinski definition) is 5. The minimum absolute atomic E-state index is 0.245. The molecule has 0 radical (unpaired) electrons. The Balaban J connectivity index is 1.95. The molecular weight excluding hydrogens is 348 g/mol. The van der Waals surface area contributed by atoms with E-state index in [9.17, 15) is 4.79 Å². The number of anilines is 2. The molecule has 1 heterocycles. The molecule has 1 amide bonds. The average molecular weight is 366 g/mol. The van der Waals surface area contributed by atoms with Gasteiger partial charge in [0.2, 0.25) is 0 Å². The van der Waals surface area contributed by atoms with Crippen molar-refractivity contribution in [3.8, 4) is 22.8 Å². The average Bonchev–Trinajstić information content (AvgIpc) is 3.18. The Kier molecular flexibility index (Phi) is 5.34. The fourth-order valence-electron chi connectivity index (χ4n) is 2.42. The maximum Gasteiger partial charge on any atom is 0.256 e. The first-order chi connectivity index (χ1) is 12.7. The Morgan fingerprint density at radius 1 is 1.04 bits per heavy atom. The van der Waals surface area contributed by atoms with Crippen LogP contribution < -0.4 is 14.4 Å². The van der Waals surface area contributed by atoms with E-state index in [2.05, 4.69) is 11.6 Å². The molecule has 0 bridgehead atoms. The molecule has 0 unspecified atom stereocenters. The minimum Gasteiger partial charge on any atom is -0.497 e. The summed E-state index contributed by atoms with van der Waals surface area (Å²) in [5.74, 6) is 1.26. The van der Waals surface area contributed by atoms with Gasteiger partial charge in [-0.1, -0.05) is 6.58 Å². The van der Waals surface area contributed by atoms with Crippen LogP contribution >= 0.6 is 11.3 Å². The van der Waals surface area contributed by atoms with Crippen LogP contribution in [-0.2, 0) is 4.79 Å². The molecule has 0 aliphatic heterocycles. The molecule has 0 fully saturated rings. The van der Waals surface area contributed by atoms with Gasteiger partial charge in [0.15, 0.2) is 5.13 Å². The minimum atomic E-state index is -0.245. The maximum atomic E-state index is 12.4. The molecule has 0 aliphatic carbocycles. The number of hydrogen-bond donors (Lipinski definition) is 0. The van der Waals surface area contributed by atoms with Crippen molar-refractivity contribution in [3.63, 3.8) is 0 Å². The molecule has 0 saturated carbocycles. The fraction of sp³-hybridized carbons (Fsp3) is 0.100. The van der Waals surface area contributed by atoms with Crippen molar-refractivity contribution < 1.29 is 14.3 Å². The van der Waals surface area contributed by atoms with Crippen LogP contribution in [0.5, 0.6) is 11.5 Å². The van der Waals surface area contributed by atoms with Gasteiger partial charge in [-0.3, -0.25) is 9.69 Å². The SMILES string of the molecule is C=CC(=O)N(c1ccc(OC)cc1)c1nc(-c2ccc(OC)cc2)cs1. The Labute approximate surface area is 156 Å². The van der Waals surface area contributed by atoms with Gasteiger partial charge in [0.25, 0.3) is 5.91 Å². The molecule has 0 spiro atoms. The number of rotatable bonds is 6. The van der Waals surface area contributed by atoms with E-state index < -0.39 is 0 Å². The number of ether oxygens (including phenoxy) is 2. The molecule has 5 nitrogen and oxygen atoms in total. The van der Waals surface area contributed by atoms with Crippen molar-refractivity contribution in [1.82, 2.24) is 4.98 Å². The molecule has 2 aromatic carbocycles. The van der Waals surface area contributed by atoms with Crippen LogP contribution in [-0.4, -0.2) is 25.1 Å². The third-order valence-electron chi connectivity index (χ3n) is 3.79. The Morgan fingerprint density at radius 2 is 1.62 bits per heavy atom. The predicted octanol–water partition coefficient (Wildman–Crippen LogP) is 4.68. The number of amides is 1. The van der Waals surface area contributed by atoms with Gasteiger partial charge < -0.3 is 9.47 Å². The second-order valence-electron chi connectivity index (χ2n) is 5.32. The highest BCUT2D eigenvalue weighted by atomic mass is 32.1. The summed E-state index contributed by atoms with van der Waals surface area (Å²) in [7, 11) is 3.23. The van der Waals surface area contributed by atoms with Crippen LogP contribution in [0, 0.1) is 0 Å². The number of methoxy groups -OCH3 is 2. The summed E-state index contributed by atoms with van der Waals surface area (Å²) in [6.07, 6.45) is 1.28. The smallest absolute Gasteiger partial charge is 0.256 e. The Bertz CT molecular complexity index is 902. The number of aromatic nitrogens is 1. The molecule has 0 N–H and O–H groups in total. The van der Waals surface area contributed by atoms with E-state index >= 15 is 0 Å². The van der Waals surface area contributed by atoms with Crippen LogP contribution in [0.4, 0.5) is 10.8 Å². The van der Waals surface area contributed by atoms with Crippen molar-refractivity contribution in [1.29, 1.82) is 0 Å². The normalized spacial score (nSPS) is 10.2. The first kappa shape index (κ1) is 17.7. The summed E-state index contributed by atoms with van der Waals surface area (Å²) in [4.78, 5) is 18.6. The molecular formula is C20H18N2O3S. The van der Waals surface area contributed by atoms with Crippen molar-refractivity contribution in [2.24, 2.45) is 0 Å². The van der Waals surface area contributed by atoms with Gasteiger partial charge >= 0.3 is 0 Å². The molecule has 3 aromatic rings. The molecule has 0 saturated heterocycles. The Hall–Kier alpha value is -3.12. The zero-order chi connectivity index (χ0) is 18.5. The Morgan fingerprint density at radius 3 is 2.15 bits per heavy atom. The molecule has 3 rings (SSSR count). The lowest BCUT2D eigenvalue weighted by Gasteiger charge is -2.18. The number of nitrogens with zero attached hydrogens (tertiary/aromatic N) is 2. The zero-order valence-corrected chi connectivity index (χ0v) is 15.3. The molecule has 6 heteroatoms. The number of thiazole rings is 1. The quantitative estimate of drug-likeness (QED) is 0.595. The molecule has 0 atom stereocenters. The van der Waals surface area contributed by atoms with Gasteiger partial charge in [-0.25, -0.2) is 4.98 Å². The third kappa shape index (κ3) is 3.60. The number of carbonyl (C=O) groups is 1. The second kappa shape index (κ2) is 7.84. The van der Waals surface area contributed by atoms with Crippen LogP contribution in [0.1, 0.15) is 0 Å². The summed E-state index contributed by atoms with van der Waals surface area (Å²) in [6, 6.07) is 14.9. The lowest BCUT2D eigenvalue weighted by Crippen LogP contribution is -2.23. The van der Waals surface area contributed by atoms with Gasteiger partial charge in [-0.2, -0.15) is 0 Å². The summed E-state index contributed by atoms with van der Waals surface area (Å²) in [5, 5.41) is 2.50. The predicted molar refractivity (Wildman–Crippen MR) is 104 cm³/mol. The van der Waals surface area contributed by atoms with Gasteiger partial charge in [-0.05, 0) is 54.6 Å². The van der Waals surface area contributed by atoms with E-state index in [-0.39, 0.29) is 5.91 Å². The van der Waals surface area contributed by atoms with Gasteiger partial charge in [0.1, 0.15) is 11.5 Å². The standard InChI is InChI=1S/C20H18N2O3S/c1-4-19(23)22(15-7-11-17(25-3)12-8-15)20-21-18(13-26-20)14-5-9-16(24-2)10-6-14/h4-13H,1H2,2-3H3. The first-order valence-electron chi connectivity index (χ1n) is 7.87. The van der Waals surface area contributed by atoms with Crippen LogP contribution in [0.3, 0.4) is 0 Å². The van der Waals surface area contributed by atoms with E-state index in [1.807, 2.05) is 41.8 Å². The highest BCUT2D eigenvalue weighted by Gasteiger charge is 2.19. The van der Waals surface area contributed by atoms with E-state index in [1.54, 1.807) is 26.4 Å². The molecule has 1 aromatic heterocycles. The summed E-state index contributed by atoms with van der Waals surface area (Å²) < 4.78 is 10.4. The summed E-state index contributed by atoms with van der Waals surface area (Å²) in [5.41, 5.74) is 2.45. The van der Waals surface area contributed by atoms with Crippen molar-refractivity contribution in [2.75, 3.05) is 19.1 Å². The van der Waals surface area contributed by atoms with E-state index in [1.165, 1.54) is 22.3 Å². The lowest BCUT2D eigenvalue weighted by atomic mass is 10.2. The molecule has 26 heavy (non-hydrogen) atoms. The van der Waals surface area contributed by atoms with Gasteiger partial charge in [0, 0.05) is 10.9 Å². The number of benzene rings is 2. The highest BCUT2D eigenvalue weighted by molar-refractivity contribution is 7.14. The third-order valence-corrected chi connectivity index (χ3v) is 4.62. The zero-order valence-electron chi connectivity index (χ0n) is 14.5. The maximum absolute atomic E-state index is 12.4. The molecule has 132 valence electrons. The highest BCUT2D eigenvalue weighted by Crippen LogP contribution is 2.33. The van der Waals surface area contributed by atoms with E-state index in [4.69, 9.17) is 9.47 Å². The van der Waals surface area contributed by atoms with Crippen molar-refractivity contribution >= 4 is 28.1 Å². The van der Waals surface area contributed by atoms with Gasteiger partial charge in [0.05, 0.1) is 25.6 Å². The fourth-order valence-corrected chi connectivity index (χ4v) is 3.27. The molecule has 0 aliphatic rings. The monoisotopic (exact) mass is 366 g/mol. The topological polar surface area (TPSA) is 51.7 Å². The van der Waals surface area contributed by atoms with Crippen LogP contribution in [0.15, 0.2) is 66.6 Å². The van der Waals surface area contributed by atoms with Crippen LogP contribution in [0.2, 0.25) is 0 Å². The summed E-state index contributed by atoms with van der Waals surface area (Å²) in [6.45, 7) is 3.60. The lowest BCUT2D eigenvalue weighted by molar-refractivity contribution is -0.113. The van der Waals surface area contributed by atoms with E-state index in [0.29, 0.717) is 10.8 Å². The van der Waals surface area contributed by atoms with E-state index in [0.717, 1.165) is 22.8 Å².